The van der Waals surface area contributed by atoms with Crippen LogP contribution in [0.2, 0.25) is 0 Å². The van der Waals surface area contributed by atoms with E-state index in [1.807, 2.05) is 6.07 Å². The average Bonchev–Trinajstić information content (AvgIpc) is 3.25. The summed E-state index contributed by atoms with van der Waals surface area (Å²) in [5.74, 6) is -1.02. The zero-order valence-corrected chi connectivity index (χ0v) is 15.3. The molecule has 0 amide bonds. The Morgan fingerprint density at radius 3 is 2.59 bits per heavy atom. The minimum atomic E-state index is -5.08. The van der Waals surface area contributed by atoms with Crippen molar-refractivity contribution in [3.8, 4) is 0 Å². The van der Waals surface area contributed by atoms with E-state index in [1.165, 1.54) is 6.42 Å². The maximum absolute atomic E-state index is 10.6. The predicted octanol–water partition coefficient (Wildman–Crippen LogP) is 3.32. The van der Waals surface area contributed by atoms with Crippen LogP contribution < -0.4 is 0 Å². The molecule has 6 nitrogen and oxygen atoms in total. The molecule has 0 radical (unpaired) electrons. The lowest BCUT2D eigenvalue weighted by Crippen LogP contribution is -2.47. The summed E-state index contributed by atoms with van der Waals surface area (Å²) in [6.45, 7) is 4.90. The number of rotatable bonds is 5. The number of nitrogens with zero attached hydrogens (tertiary/aromatic N) is 1. The van der Waals surface area contributed by atoms with E-state index in [0.29, 0.717) is 5.92 Å². The van der Waals surface area contributed by atoms with Crippen LogP contribution in [0.15, 0.2) is 22.8 Å². The van der Waals surface area contributed by atoms with E-state index < -0.39 is 12.1 Å². The number of carboxylic acids is 1. The first-order valence-corrected chi connectivity index (χ1v) is 8.94. The summed E-state index contributed by atoms with van der Waals surface area (Å²) in [5, 5.41) is 7.12. The van der Waals surface area contributed by atoms with Gasteiger partial charge in [0, 0.05) is 33.4 Å². The van der Waals surface area contributed by atoms with Gasteiger partial charge in [-0.25, -0.2) is 4.79 Å². The maximum Gasteiger partial charge on any atom is 0.490 e. The number of likely N-dealkylation sites (tertiary alicyclic amines) is 1. The van der Waals surface area contributed by atoms with Crippen molar-refractivity contribution in [3.63, 3.8) is 0 Å². The molecule has 9 heteroatoms. The summed E-state index contributed by atoms with van der Waals surface area (Å²) in [4.78, 5) is 11.4. The molecule has 1 spiro atoms. The molecule has 1 N–H and O–H groups in total. The number of piperidine rings is 1. The third-order valence-corrected chi connectivity index (χ3v) is 5.17. The summed E-state index contributed by atoms with van der Waals surface area (Å²) in [6, 6.07) is 4.01. The van der Waals surface area contributed by atoms with Gasteiger partial charge >= 0.3 is 12.1 Å². The van der Waals surface area contributed by atoms with Crippen LogP contribution in [-0.4, -0.2) is 61.2 Å². The van der Waals surface area contributed by atoms with E-state index in [4.69, 9.17) is 23.8 Å². The van der Waals surface area contributed by atoms with Crippen molar-refractivity contribution in [3.05, 3.63) is 24.2 Å². The van der Waals surface area contributed by atoms with Gasteiger partial charge in [-0.3, -0.25) is 4.90 Å². The molecule has 0 bridgehead atoms. The third-order valence-electron chi connectivity index (χ3n) is 5.17. The van der Waals surface area contributed by atoms with Gasteiger partial charge in [0.15, 0.2) is 0 Å². The molecule has 0 aliphatic carbocycles. The number of aliphatic carboxylic acids is 1. The standard InChI is InChI=1S/C16H25NO3.C2HF3O2/c1-18-11-4-14-5-12-20-16(14)6-8-17(9-7-16)13-15-3-2-10-19-15;3-2(4,5)1(6)7/h2-3,10,14H,4-9,11-13H2,1H3;(H,6,7). The molecule has 154 valence electrons. The fourth-order valence-corrected chi connectivity index (χ4v) is 3.72. The van der Waals surface area contributed by atoms with E-state index in [9.17, 15) is 13.2 Å². The van der Waals surface area contributed by atoms with Gasteiger partial charge in [0.25, 0.3) is 0 Å². The second kappa shape index (κ2) is 9.57. The van der Waals surface area contributed by atoms with Crippen LogP contribution in [0.25, 0.3) is 0 Å². The normalized spacial score (nSPS) is 22.4. The Kier molecular flexibility index (Phi) is 7.69. The number of carbonyl (C=O) groups is 1. The zero-order valence-electron chi connectivity index (χ0n) is 15.3. The fraction of sp³-hybridized carbons (Fsp3) is 0.722. The van der Waals surface area contributed by atoms with Crippen molar-refractivity contribution in [2.24, 2.45) is 5.92 Å². The van der Waals surface area contributed by atoms with Crippen LogP contribution in [-0.2, 0) is 20.8 Å². The van der Waals surface area contributed by atoms with Crippen molar-refractivity contribution >= 4 is 5.97 Å². The van der Waals surface area contributed by atoms with Gasteiger partial charge in [-0.2, -0.15) is 13.2 Å². The third kappa shape index (κ3) is 6.22. The first-order chi connectivity index (χ1) is 12.8. The molecule has 2 aliphatic rings. The molecular weight excluding hydrogens is 367 g/mol. The summed E-state index contributed by atoms with van der Waals surface area (Å²) in [5.41, 5.74) is 0.123. The lowest BCUT2D eigenvalue weighted by molar-refractivity contribution is -0.192. The van der Waals surface area contributed by atoms with Gasteiger partial charge in [-0.1, -0.05) is 0 Å². The molecule has 1 aromatic heterocycles. The van der Waals surface area contributed by atoms with Gasteiger partial charge in [-0.05, 0) is 43.7 Å². The van der Waals surface area contributed by atoms with Crippen molar-refractivity contribution in [1.29, 1.82) is 0 Å². The molecule has 2 fully saturated rings. The minimum Gasteiger partial charge on any atom is -0.475 e. The number of carboxylic acid groups (broad SMARTS) is 1. The minimum absolute atomic E-state index is 0.123. The van der Waals surface area contributed by atoms with Crippen molar-refractivity contribution in [1.82, 2.24) is 4.90 Å². The van der Waals surface area contributed by atoms with E-state index in [2.05, 4.69) is 11.0 Å². The monoisotopic (exact) mass is 393 g/mol. The van der Waals surface area contributed by atoms with Crippen molar-refractivity contribution in [2.75, 3.05) is 33.4 Å². The lowest BCUT2D eigenvalue weighted by atomic mass is 9.78. The number of methoxy groups -OCH3 is 1. The Balaban J connectivity index is 0.000000321. The Morgan fingerprint density at radius 1 is 1.41 bits per heavy atom. The van der Waals surface area contributed by atoms with E-state index in [1.54, 1.807) is 13.4 Å². The summed E-state index contributed by atoms with van der Waals surface area (Å²) >= 11 is 0. The summed E-state index contributed by atoms with van der Waals surface area (Å²) < 4.78 is 48.6. The lowest BCUT2D eigenvalue weighted by Gasteiger charge is -2.42. The first kappa shape index (κ1) is 21.7. The summed E-state index contributed by atoms with van der Waals surface area (Å²) in [7, 11) is 1.79. The molecule has 2 aliphatic heterocycles. The van der Waals surface area contributed by atoms with Gasteiger partial charge in [0.1, 0.15) is 5.76 Å². The van der Waals surface area contributed by atoms with E-state index in [0.717, 1.165) is 57.9 Å². The highest BCUT2D eigenvalue weighted by Gasteiger charge is 2.45. The van der Waals surface area contributed by atoms with Crippen LogP contribution in [0.1, 0.15) is 31.4 Å². The van der Waals surface area contributed by atoms with Crippen LogP contribution in [0.5, 0.6) is 0 Å². The fourth-order valence-electron chi connectivity index (χ4n) is 3.72. The number of hydrogen-bond acceptors (Lipinski definition) is 5. The SMILES string of the molecule is COCCC1CCOC12CCN(Cc1ccco1)CC2.O=C(O)C(F)(F)F. The molecule has 27 heavy (non-hydrogen) atoms. The van der Waals surface area contributed by atoms with Crippen LogP contribution in [0.3, 0.4) is 0 Å². The molecule has 3 rings (SSSR count). The second-order valence-corrected chi connectivity index (χ2v) is 6.84. The van der Waals surface area contributed by atoms with E-state index in [-0.39, 0.29) is 5.60 Å². The predicted molar refractivity (Wildman–Crippen MR) is 90.2 cm³/mol. The summed E-state index contributed by atoms with van der Waals surface area (Å²) in [6.07, 6.45) is 1.28. The highest BCUT2D eigenvalue weighted by molar-refractivity contribution is 5.73. The molecular formula is C18H26F3NO5. The van der Waals surface area contributed by atoms with Gasteiger partial charge in [0.05, 0.1) is 18.4 Å². The number of hydrogen-bond donors (Lipinski definition) is 1. The van der Waals surface area contributed by atoms with Gasteiger partial charge < -0.3 is 19.0 Å². The van der Waals surface area contributed by atoms with Gasteiger partial charge in [0.2, 0.25) is 0 Å². The quantitative estimate of drug-likeness (QED) is 0.828. The number of ether oxygens (including phenoxy) is 2. The molecule has 2 saturated heterocycles. The molecule has 1 atom stereocenters. The Hall–Kier alpha value is -1.58. The molecule has 0 saturated carbocycles. The maximum atomic E-state index is 10.6. The molecule has 1 unspecified atom stereocenters. The van der Waals surface area contributed by atoms with Crippen LogP contribution >= 0.6 is 0 Å². The Labute approximate surface area is 156 Å². The molecule has 0 aromatic carbocycles. The highest BCUT2D eigenvalue weighted by atomic mass is 19.4. The van der Waals surface area contributed by atoms with Crippen molar-refractivity contribution in [2.45, 2.75) is 44.0 Å². The van der Waals surface area contributed by atoms with Crippen LogP contribution in [0.4, 0.5) is 13.2 Å². The number of furan rings is 1. The smallest absolute Gasteiger partial charge is 0.475 e. The highest BCUT2D eigenvalue weighted by Crippen LogP contribution is 2.42. The molecule has 3 heterocycles. The largest absolute Gasteiger partial charge is 0.490 e. The first-order valence-electron chi connectivity index (χ1n) is 8.94. The average molecular weight is 393 g/mol. The zero-order chi connectivity index (χ0) is 19.9. The Bertz CT molecular complexity index is 568. The number of alkyl halides is 3. The number of halogens is 3. The molecule has 1 aromatic rings. The second-order valence-electron chi connectivity index (χ2n) is 6.84. The van der Waals surface area contributed by atoms with Crippen molar-refractivity contribution < 1.29 is 37.0 Å². The topological polar surface area (TPSA) is 72.1 Å². The van der Waals surface area contributed by atoms with E-state index >= 15 is 0 Å². The van der Waals surface area contributed by atoms with Crippen LogP contribution in [0, 0.1) is 5.92 Å². The van der Waals surface area contributed by atoms with Gasteiger partial charge in [-0.15, -0.1) is 0 Å². The Morgan fingerprint density at radius 2 is 2.07 bits per heavy atom.